The van der Waals surface area contributed by atoms with Gasteiger partial charge >= 0.3 is 0 Å². The van der Waals surface area contributed by atoms with Gasteiger partial charge in [0.25, 0.3) is 0 Å². The smallest absolute Gasteiger partial charge is 0.171 e. The maximum absolute atomic E-state index is 14.2. The fraction of sp³-hybridized carbons (Fsp3) is 0.250. The number of benzene rings is 2. The van der Waals surface area contributed by atoms with Gasteiger partial charge in [0.1, 0.15) is 12.4 Å². The van der Waals surface area contributed by atoms with Gasteiger partial charge in [-0.1, -0.05) is 43.6 Å². The molecule has 20 heavy (non-hydrogen) atoms. The number of ether oxygens (including phenoxy) is 1. The highest BCUT2D eigenvalue weighted by Gasteiger charge is 2.17. The van der Waals surface area contributed by atoms with Crippen LogP contribution in [0.2, 0.25) is 5.02 Å². The molecule has 0 aliphatic heterocycles. The minimum atomic E-state index is -0.646. The minimum Gasteiger partial charge on any atom is -0.486 e. The molecular weight excluding hydrogens is 282 g/mol. The monoisotopic (exact) mass is 296 g/mol. The third-order valence-corrected chi connectivity index (χ3v) is 3.38. The summed E-state index contributed by atoms with van der Waals surface area (Å²) in [6.45, 7) is 3.61. The van der Waals surface area contributed by atoms with Crippen LogP contribution in [0.1, 0.15) is 30.9 Å². The molecule has 0 heterocycles. The van der Waals surface area contributed by atoms with Gasteiger partial charge in [-0.15, -0.1) is 0 Å². The molecule has 1 nitrogen and oxygen atoms in total. The zero-order valence-corrected chi connectivity index (χ0v) is 12.0. The summed E-state index contributed by atoms with van der Waals surface area (Å²) in [6.07, 6.45) is 0. The first-order valence-electron chi connectivity index (χ1n) is 6.34. The minimum absolute atomic E-state index is 0.0371. The lowest BCUT2D eigenvalue weighted by Crippen LogP contribution is -2.03. The van der Waals surface area contributed by atoms with Crippen LogP contribution >= 0.6 is 11.6 Å². The predicted octanol–water partition coefficient (Wildman–Crippen LogP) is 5.32. The Morgan fingerprint density at radius 1 is 1.10 bits per heavy atom. The Labute approximate surface area is 122 Å². The van der Waals surface area contributed by atoms with E-state index < -0.39 is 11.6 Å². The van der Waals surface area contributed by atoms with Crippen molar-refractivity contribution in [2.24, 2.45) is 0 Å². The van der Waals surface area contributed by atoms with E-state index >= 15 is 0 Å². The molecule has 4 heteroatoms. The topological polar surface area (TPSA) is 9.23 Å². The van der Waals surface area contributed by atoms with E-state index in [9.17, 15) is 8.78 Å². The van der Waals surface area contributed by atoms with Crippen molar-refractivity contribution >= 4 is 11.6 Å². The molecule has 106 valence electrons. The third kappa shape index (κ3) is 3.10. The van der Waals surface area contributed by atoms with Crippen molar-refractivity contribution in [3.63, 3.8) is 0 Å². The molecule has 0 radical (unpaired) electrons. The Morgan fingerprint density at radius 2 is 1.80 bits per heavy atom. The molecule has 0 aliphatic rings. The highest BCUT2D eigenvalue weighted by Crippen LogP contribution is 2.29. The van der Waals surface area contributed by atoms with E-state index in [2.05, 4.69) is 0 Å². The summed E-state index contributed by atoms with van der Waals surface area (Å²) in [5.74, 6) is -1.41. The number of rotatable bonds is 4. The Morgan fingerprint density at radius 3 is 2.45 bits per heavy atom. The summed E-state index contributed by atoms with van der Waals surface area (Å²) in [7, 11) is 0. The van der Waals surface area contributed by atoms with Gasteiger partial charge in [0.2, 0.25) is 0 Å². The highest BCUT2D eigenvalue weighted by molar-refractivity contribution is 6.31. The standard InChI is InChI=1S/C16H15ClF2O/c1-10(2)15-13(18)7-8-14(16(15)19)20-9-11-5-3-4-6-12(11)17/h3-8,10H,9H2,1-2H3. The van der Waals surface area contributed by atoms with Gasteiger partial charge in [-0.25, -0.2) is 8.78 Å². The number of halogens is 3. The van der Waals surface area contributed by atoms with Gasteiger partial charge in [-0.2, -0.15) is 0 Å². The van der Waals surface area contributed by atoms with Crippen molar-refractivity contribution in [3.8, 4) is 5.75 Å². The Bertz CT molecular complexity index is 611. The normalized spacial score (nSPS) is 10.9. The maximum Gasteiger partial charge on any atom is 0.171 e. The lowest BCUT2D eigenvalue weighted by Gasteiger charge is -2.13. The van der Waals surface area contributed by atoms with Crippen LogP contribution in [0.3, 0.4) is 0 Å². The zero-order chi connectivity index (χ0) is 14.7. The third-order valence-electron chi connectivity index (χ3n) is 3.01. The summed E-state index contributed by atoms with van der Waals surface area (Å²) in [5.41, 5.74) is 0.797. The van der Waals surface area contributed by atoms with Crippen LogP contribution in [0.15, 0.2) is 36.4 Å². The van der Waals surface area contributed by atoms with E-state index in [4.69, 9.17) is 16.3 Å². The fourth-order valence-corrected chi connectivity index (χ4v) is 2.15. The van der Waals surface area contributed by atoms with Crippen LogP contribution in [0, 0.1) is 11.6 Å². The van der Waals surface area contributed by atoms with Gasteiger partial charge in [0.05, 0.1) is 0 Å². The molecule has 0 amide bonds. The summed E-state index contributed by atoms with van der Waals surface area (Å²) >= 11 is 6.00. The lowest BCUT2D eigenvalue weighted by atomic mass is 10.0. The average Bonchev–Trinajstić information content (AvgIpc) is 2.39. The molecule has 0 aromatic heterocycles. The van der Waals surface area contributed by atoms with E-state index in [-0.39, 0.29) is 23.8 Å². The maximum atomic E-state index is 14.2. The van der Waals surface area contributed by atoms with E-state index in [1.165, 1.54) is 12.1 Å². The second-order valence-corrected chi connectivity index (χ2v) is 5.22. The highest BCUT2D eigenvalue weighted by atomic mass is 35.5. The van der Waals surface area contributed by atoms with Gasteiger partial charge < -0.3 is 4.74 Å². The molecule has 2 rings (SSSR count). The molecule has 0 bridgehead atoms. The number of hydrogen-bond acceptors (Lipinski definition) is 1. The fourth-order valence-electron chi connectivity index (χ4n) is 1.96. The van der Waals surface area contributed by atoms with Crippen molar-refractivity contribution in [3.05, 3.63) is 64.2 Å². The summed E-state index contributed by atoms with van der Waals surface area (Å²) in [4.78, 5) is 0. The quantitative estimate of drug-likeness (QED) is 0.742. The van der Waals surface area contributed by atoms with E-state index in [0.717, 1.165) is 5.56 Å². The van der Waals surface area contributed by atoms with E-state index in [1.54, 1.807) is 32.0 Å². The molecule has 0 N–H and O–H groups in total. The van der Waals surface area contributed by atoms with Crippen molar-refractivity contribution in [2.75, 3.05) is 0 Å². The summed E-state index contributed by atoms with van der Waals surface area (Å²) < 4.78 is 33.2. The van der Waals surface area contributed by atoms with E-state index in [1.807, 2.05) is 6.07 Å². The first kappa shape index (κ1) is 14.8. The lowest BCUT2D eigenvalue weighted by molar-refractivity contribution is 0.287. The Kier molecular flexibility index (Phi) is 4.61. The molecule has 0 atom stereocenters. The van der Waals surface area contributed by atoms with E-state index in [0.29, 0.717) is 5.02 Å². The Balaban J connectivity index is 2.23. The average molecular weight is 297 g/mol. The van der Waals surface area contributed by atoms with Crippen LogP contribution in [0.4, 0.5) is 8.78 Å². The van der Waals surface area contributed by atoms with Crippen molar-refractivity contribution in [2.45, 2.75) is 26.4 Å². The van der Waals surface area contributed by atoms with Gasteiger partial charge in [-0.05, 0) is 24.1 Å². The molecule has 2 aromatic rings. The second-order valence-electron chi connectivity index (χ2n) is 4.81. The molecular formula is C16H15ClF2O. The zero-order valence-electron chi connectivity index (χ0n) is 11.3. The van der Waals surface area contributed by atoms with Gasteiger partial charge in [0.15, 0.2) is 11.6 Å². The molecule has 0 spiro atoms. The SMILES string of the molecule is CC(C)c1c(F)ccc(OCc2ccccc2Cl)c1F. The summed E-state index contributed by atoms with van der Waals surface area (Å²) in [5, 5.41) is 0.555. The van der Waals surface area contributed by atoms with Gasteiger partial charge in [-0.3, -0.25) is 0 Å². The second kappa shape index (κ2) is 6.23. The van der Waals surface area contributed by atoms with Crippen LogP contribution in [0.5, 0.6) is 5.75 Å². The predicted molar refractivity (Wildman–Crippen MR) is 76.2 cm³/mol. The van der Waals surface area contributed by atoms with Crippen LogP contribution in [-0.2, 0) is 6.61 Å². The van der Waals surface area contributed by atoms with Crippen LogP contribution in [0.25, 0.3) is 0 Å². The Hall–Kier alpha value is -1.61. The molecule has 0 fully saturated rings. The van der Waals surface area contributed by atoms with Crippen LogP contribution < -0.4 is 4.74 Å². The summed E-state index contributed by atoms with van der Waals surface area (Å²) in [6, 6.07) is 9.69. The first-order chi connectivity index (χ1) is 9.50. The van der Waals surface area contributed by atoms with Gasteiger partial charge in [0, 0.05) is 16.1 Å². The van der Waals surface area contributed by atoms with Crippen molar-refractivity contribution in [1.82, 2.24) is 0 Å². The first-order valence-corrected chi connectivity index (χ1v) is 6.72. The molecule has 2 aromatic carbocycles. The van der Waals surface area contributed by atoms with Crippen molar-refractivity contribution < 1.29 is 13.5 Å². The van der Waals surface area contributed by atoms with Crippen LogP contribution in [-0.4, -0.2) is 0 Å². The molecule has 0 saturated heterocycles. The molecule has 0 aliphatic carbocycles. The number of hydrogen-bond donors (Lipinski definition) is 0. The van der Waals surface area contributed by atoms with Crippen molar-refractivity contribution in [1.29, 1.82) is 0 Å². The molecule has 0 unspecified atom stereocenters. The largest absolute Gasteiger partial charge is 0.486 e. The molecule has 0 saturated carbocycles.